The average Bonchev–Trinajstić information content (AvgIpc) is 2.81. The fraction of sp³-hybridized carbons (Fsp3) is 0.200. The molecule has 172 valence electrons. The minimum Gasteiger partial charge on any atom is -0.508 e. The maximum absolute atomic E-state index is 10.2. The molecule has 2 atom stereocenters. The van der Waals surface area contributed by atoms with Gasteiger partial charge in [0.2, 0.25) is 5.75 Å². The molecule has 0 amide bonds. The third kappa shape index (κ3) is 4.61. The standard InChI is InChI=1S/C25H24O8/c1-30-21-10-16(11-22(31-2)24(21)29)25-23(13-26)32-19-6-5-14(9-20(19)33-25)3-4-15-7-17(27)12-18(28)8-15/h3-12,23,25-29H,13H2,1-2H3/b4-3+/t23-,25-/m1/s1. The van der Waals surface area contributed by atoms with E-state index in [1.165, 1.54) is 32.4 Å². The molecule has 1 aliphatic heterocycles. The number of ether oxygens (including phenoxy) is 4. The predicted molar refractivity (Wildman–Crippen MR) is 121 cm³/mol. The van der Waals surface area contributed by atoms with Gasteiger partial charge in [0.05, 0.1) is 20.8 Å². The first-order chi connectivity index (χ1) is 15.9. The van der Waals surface area contributed by atoms with Crippen molar-refractivity contribution in [3.05, 3.63) is 65.2 Å². The number of hydrogen-bond donors (Lipinski definition) is 4. The van der Waals surface area contributed by atoms with E-state index < -0.39 is 12.2 Å². The van der Waals surface area contributed by atoms with E-state index in [0.717, 1.165) is 5.56 Å². The number of methoxy groups -OCH3 is 2. The SMILES string of the molecule is COc1cc([C@H]2Oc3cc(/C=C/c4cc(O)cc(O)c4)ccc3O[C@@H]2CO)cc(OC)c1O. The Morgan fingerprint density at radius 3 is 2.03 bits per heavy atom. The number of aromatic hydroxyl groups is 3. The minimum absolute atomic E-state index is 0.0329. The van der Waals surface area contributed by atoms with Gasteiger partial charge in [-0.05, 0) is 47.5 Å². The molecule has 33 heavy (non-hydrogen) atoms. The second kappa shape index (κ2) is 9.22. The first-order valence-electron chi connectivity index (χ1n) is 10.2. The molecule has 0 fully saturated rings. The van der Waals surface area contributed by atoms with Crippen LogP contribution in [0.15, 0.2) is 48.5 Å². The highest BCUT2D eigenvalue weighted by atomic mass is 16.6. The Hall–Kier alpha value is -4.04. The van der Waals surface area contributed by atoms with Crippen LogP contribution in [0.3, 0.4) is 0 Å². The molecule has 0 spiro atoms. The molecule has 3 aromatic rings. The molecular weight excluding hydrogens is 428 g/mol. The van der Waals surface area contributed by atoms with Gasteiger partial charge < -0.3 is 39.4 Å². The molecule has 0 aromatic heterocycles. The molecule has 0 saturated carbocycles. The second-order valence-electron chi connectivity index (χ2n) is 7.47. The highest BCUT2D eigenvalue weighted by Crippen LogP contribution is 2.44. The highest BCUT2D eigenvalue weighted by Gasteiger charge is 2.34. The highest BCUT2D eigenvalue weighted by molar-refractivity contribution is 5.72. The summed E-state index contributed by atoms with van der Waals surface area (Å²) in [7, 11) is 2.86. The van der Waals surface area contributed by atoms with Gasteiger partial charge in [-0.1, -0.05) is 18.2 Å². The fourth-order valence-corrected chi connectivity index (χ4v) is 3.66. The largest absolute Gasteiger partial charge is 0.508 e. The molecule has 1 aliphatic rings. The van der Waals surface area contributed by atoms with Crippen molar-refractivity contribution in [3.8, 4) is 40.2 Å². The van der Waals surface area contributed by atoms with Crippen LogP contribution in [-0.2, 0) is 0 Å². The monoisotopic (exact) mass is 452 g/mol. The van der Waals surface area contributed by atoms with Crippen molar-refractivity contribution in [1.29, 1.82) is 0 Å². The number of aliphatic hydroxyl groups excluding tert-OH is 1. The summed E-state index contributed by atoms with van der Waals surface area (Å²) in [6.45, 7) is -0.293. The Kier molecular flexibility index (Phi) is 6.19. The molecule has 4 rings (SSSR count). The topological polar surface area (TPSA) is 118 Å². The summed E-state index contributed by atoms with van der Waals surface area (Å²) in [6, 6.07) is 12.9. The van der Waals surface area contributed by atoms with Gasteiger partial charge in [0, 0.05) is 11.6 Å². The summed E-state index contributed by atoms with van der Waals surface area (Å²) >= 11 is 0. The Bertz CT molecular complexity index is 1140. The maximum atomic E-state index is 10.2. The van der Waals surface area contributed by atoms with E-state index >= 15 is 0 Å². The third-order valence-electron chi connectivity index (χ3n) is 5.24. The summed E-state index contributed by atoms with van der Waals surface area (Å²) < 4.78 is 22.6. The van der Waals surface area contributed by atoms with E-state index in [-0.39, 0.29) is 35.4 Å². The van der Waals surface area contributed by atoms with E-state index in [1.54, 1.807) is 36.4 Å². The number of phenolic OH excluding ortho intramolecular Hbond substituents is 3. The van der Waals surface area contributed by atoms with Gasteiger partial charge >= 0.3 is 0 Å². The van der Waals surface area contributed by atoms with Crippen molar-refractivity contribution in [2.75, 3.05) is 20.8 Å². The Balaban J connectivity index is 1.65. The molecule has 0 aliphatic carbocycles. The van der Waals surface area contributed by atoms with Gasteiger partial charge in [0.1, 0.15) is 11.5 Å². The number of phenols is 3. The molecule has 8 nitrogen and oxygen atoms in total. The first kappa shape index (κ1) is 22.2. The van der Waals surface area contributed by atoms with Gasteiger partial charge in [0.25, 0.3) is 0 Å². The Labute approximate surface area is 190 Å². The average molecular weight is 452 g/mol. The van der Waals surface area contributed by atoms with E-state index in [4.69, 9.17) is 18.9 Å². The number of rotatable bonds is 6. The zero-order chi connectivity index (χ0) is 23.5. The summed E-state index contributed by atoms with van der Waals surface area (Å²) in [5.41, 5.74) is 2.02. The smallest absolute Gasteiger partial charge is 0.200 e. The maximum Gasteiger partial charge on any atom is 0.200 e. The van der Waals surface area contributed by atoms with Crippen LogP contribution in [0.25, 0.3) is 12.2 Å². The van der Waals surface area contributed by atoms with Gasteiger partial charge in [-0.3, -0.25) is 0 Å². The number of hydrogen-bond acceptors (Lipinski definition) is 8. The molecule has 3 aromatic carbocycles. The number of aliphatic hydroxyl groups is 1. The van der Waals surface area contributed by atoms with Crippen molar-refractivity contribution >= 4 is 12.2 Å². The molecule has 8 heteroatoms. The van der Waals surface area contributed by atoms with Crippen LogP contribution >= 0.6 is 0 Å². The third-order valence-corrected chi connectivity index (χ3v) is 5.24. The number of benzene rings is 3. The van der Waals surface area contributed by atoms with Crippen LogP contribution in [0.2, 0.25) is 0 Å². The van der Waals surface area contributed by atoms with Crippen LogP contribution in [0.1, 0.15) is 22.8 Å². The molecule has 1 heterocycles. The van der Waals surface area contributed by atoms with E-state index in [9.17, 15) is 20.4 Å². The molecule has 0 radical (unpaired) electrons. The molecule has 0 bridgehead atoms. The van der Waals surface area contributed by atoms with Crippen LogP contribution in [0.4, 0.5) is 0 Å². The summed E-state index contributed by atoms with van der Waals surface area (Å²) in [5.74, 6) is 1.17. The molecular formula is C25H24O8. The lowest BCUT2D eigenvalue weighted by atomic mass is 10.0. The normalized spacial score (nSPS) is 17.2. The molecule has 4 N–H and O–H groups in total. The lowest BCUT2D eigenvalue weighted by Gasteiger charge is -2.33. The van der Waals surface area contributed by atoms with Gasteiger partial charge in [-0.2, -0.15) is 0 Å². The lowest BCUT2D eigenvalue weighted by Crippen LogP contribution is -2.36. The predicted octanol–water partition coefficient (Wildman–Crippen LogP) is 3.86. The van der Waals surface area contributed by atoms with Crippen LogP contribution in [0.5, 0.6) is 40.2 Å². The zero-order valence-electron chi connectivity index (χ0n) is 18.1. The van der Waals surface area contributed by atoms with Crippen LogP contribution < -0.4 is 18.9 Å². The van der Waals surface area contributed by atoms with Gasteiger partial charge in [-0.25, -0.2) is 0 Å². The van der Waals surface area contributed by atoms with E-state index in [2.05, 4.69) is 0 Å². The Morgan fingerprint density at radius 2 is 1.42 bits per heavy atom. The summed E-state index contributed by atoms with van der Waals surface area (Å²) in [4.78, 5) is 0. The lowest BCUT2D eigenvalue weighted by molar-refractivity contribution is -0.0124. The van der Waals surface area contributed by atoms with Crippen LogP contribution in [-0.4, -0.2) is 47.4 Å². The first-order valence-corrected chi connectivity index (χ1v) is 10.2. The van der Waals surface area contributed by atoms with Gasteiger partial charge in [0.15, 0.2) is 35.2 Å². The van der Waals surface area contributed by atoms with Gasteiger partial charge in [-0.15, -0.1) is 0 Å². The zero-order valence-corrected chi connectivity index (χ0v) is 18.1. The number of fused-ring (bicyclic) bond motifs is 1. The van der Waals surface area contributed by atoms with Crippen LogP contribution in [0, 0.1) is 0 Å². The van der Waals surface area contributed by atoms with Crippen molar-refractivity contribution < 1.29 is 39.4 Å². The van der Waals surface area contributed by atoms with Crippen molar-refractivity contribution in [1.82, 2.24) is 0 Å². The molecule has 0 unspecified atom stereocenters. The molecule has 0 saturated heterocycles. The van der Waals surface area contributed by atoms with E-state index in [1.807, 2.05) is 6.07 Å². The fourth-order valence-electron chi connectivity index (χ4n) is 3.66. The van der Waals surface area contributed by atoms with E-state index in [0.29, 0.717) is 22.6 Å². The summed E-state index contributed by atoms with van der Waals surface area (Å²) in [5, 5.41) is 39.4. The second-order valence-corrected chi connectivity index (χ2v) is 7.47. The quantitative estimate of drug-likeness (QED) is 0.417. The summed E-state index contributed by atoms with van der Waals surface area (Å²) in [6.07, 6.45) is 2.17. The van der Waals surface area contributed by atoms with Crippen molar-refractivity contribution in [3.63, 3.8) is 0 Å². The van der Waals surface area contributed by atoms with Crippen molar-refractivity contribution in [2.24, 2.45) is 0 Å². The Morgan fingerprint density at radius 1 is 0.788 bits per heavy atom. The minimum atomic E-state index is -0.687. The van der Waals surface area contributed by atoms with Crippen molar-refractivity contribution in [2.45, 2.75) is 12.2 Å².